The zero-order chi connectivity index (χ0) is 15.0. The van der Waals surface area contributed by atoms with E-state index in [1.54, 1.807) is 24.3 Å². The zero-order valence-corrected chi connectivity index (χ0v) is 12.7. The number of nitrogens with one attached hydrogen (secondary N) is 1. The third-order valence-electron chi connectivity index (χ3n) is 3.63. The molecule has 0 saturated heterocycles. The first kappa shape index (κ1) is 14.2. The molecule has 0 radical (unpaired) electrons. The number of fused-ring (bicyclic) bond motifs is 1. The van der Waals surface area contributed by atoms with Crippen LogP contribution in [0.2, 0.25) is 0 Å². The molecule has 1 aliphatic heterocycles. The second-order valence-corrected chi connectivity index (χ2v) is 5.85. The van der Waals surface area contributed by atoms with Gasteiger partial charge in [0.2, 0.25) is 0 Å². The molecule has 0 saturated carbocycles. The molecular weight excluding hydrogens is 337 g/mol. The summed E-state index contributed by atoms with van der Waals surface area (Å²) in [4.78, 5) is 11.8. The minimum absolute atomic E-state index is 0.132. The molecule has 5 heteroatoms. The molecule has 1 aliphatic rings. The summed E-state index contributed by atoms with van der Waals surface area (Å²) in [5.41, 5.74) is 2.58. The molecule has 0 aromatic heterocycles. The monoisotopic (exact) mass is 349 g/mol. The standard InChI is InChI=1S/C16H13BrFNO2/c17-13-4-3-11(8-14(13)18)15(20)10-2-1-9-5-6-19-16(21)12(9)7-10/h1-4,7-8,15,20H,5-6H2,(H,19,21). The number of aliphatic hydroxyl groups excluding tert-OH is 1. The molecule has 0 aliphatic carbocycles. The summed E-state index contributed by atoms with van der Waals surface area (Å²) in [6.07, 6.45) is -0.183. The zero-order valence-electron chi connectivity index (χ0n) is 11.1. The van der Waals surface area contributed by atoms with Crippen LogP contribution in [0.15, 0.2) is 40.9 Å². The molecule has 0 fully saturated rings. The van der Waals surface area contributed by atoms with E-state index in [1.165, 1.54) is 6.07 Å². The summed E-state index contributed by atoms with van der Waals surface area (Å²) in [6, 6.07) is 9.79. The molecule has 1 atom stereocenters. The van der Waals surface area contributed by atoms with E-state index in [0.29, 0.717) is 27.7 Å². The Hall–Kier alpha value is -1.72. The fourth-order valence-corrected chi connectivity index (χ4v) is 2.72. The van der Waals surface area contributed by atoms with Crippen LogP contribution in [-0.4, -0.2) is 17.6 Å². The van der Waals surface area contributed by atoms with Gasteiger partial charge in [-0.3, -0.25) is 4.79 Å². The van der Waals surface area contributed by atoms with Crippen molar-refractivity contribution in [3.63, 3.8) is 0 Å². The van der Waals surface area contributed by atoms with Crippen molar-refractivity contribution in [2.45, 2.75) is 12.5 Å². The van der Waals surface area contributed by atoms with Gasteiger partial charge in [-0.2, -0.15) is 0 Å². The molecule has 2 N–H and O–H groups in total. The maximum absolute atomic E-state index is 13.6. The minimum atomic E-state index is -0.965. The topological polar surface area (TPSA) is 49.3 Å². The highest BCUT2D eigenvalue weighted by molar-refractivity contribution is 9.10. The van der Waals surface area contributed by atoms with Crippen LogP contribution in [0.25, 0.3) is 0 Å². The van der Waals surface area contributed by atoms with E-state index in [9.17, 15) is 14.3 Å². The molecule has 1 amide bonds. The first-order chi connectivity index (χ1) is 10.1. The summed E-state index contributed by atoms with van der Waals surface area (Å²) in [6.45, 7) is 0.631. The van der Waals surface area contributed by atoms with Crippen molar-refractivity contribution < 1.29 is 14.3 Å². The van der Waals surface area contributed by atoms with Crippen LogP contribution in [0, 0.1) is 5.82 Å². The van der Waals surface area contributed by atoms with Crippen molar-refractivity contribution in [1.29, 1.82) is 0 Å². The lowest BCUT2D eigenvalue weighted by molar-refractivity contribution is 0.0945. The minimum Gasteiger partial charge on any atom is -0.384 e. The highest BCUT2D eigenvalue weighted by atomic mass is 79.9. The van der Waals surface area contributed by atoms with Gasteiger partial charge in [-0.05, 0) is 57.2 Å². The third kappa shape index (κ3) is 2.71. The highest BCUT2D eigenvalue weighted by Gasteiger charge is 2.19. The van der Waals surface area contributed by atoms with Crippen molar-refractivity contribution >= 4 is 21.8 Å². The molecule has 3 rings (SSSR count). The number of hydrogen-bond donors (Lipinski definition) is 2. The van der Waals surface area contributed by atoms with Gasteiger partial charge in [-0.15, -0.1) is 0 Å². The number of carbonyl (C=O) groups excluding carboxylic acids is 1. The summed E-state index contributed by atoms with van der Waals surface area (Å²) < 4.78 is 13.9. The Kier molecular flexibility index (Phi) is 3.78. The number of carbonyl (C=O) groups is 1. The van der Waals surface area contributed by atoms with Crippen molar-refractivity contribution in [3.05, 3.63) is 68.9 Å². The average molecular weight is 350 g/mol. The summed E-state index contributed by atoms with van der Waals surface area (Å²) >= 11 is 3.08. The number of hydrogen-bond acceptors (Lipinski definition) is 2. The Morgan fingerprint density at radius 1 is 1.19 bits per heavy atom. The lowest BCUT2D eigenvalue weighted by atomic mass is 9.94. The normalized spacial score (nSPS) is 15.3. The Morgan fingerprint density at radius 3 is 2.67 bits per heavy atom. The smallest absolute Gasteiger partial charge is 0.251 e. The number of amides is 1. The van der Waals surface area contributed by atoms with E-state index < -0.39 is 11.9 Å². The van der Waals surface area contributed by atoms with Crippen LogP contribution in [0.3, 0.4) is 0 Å². The Balaban J connectivity index is 1.98. The lowest BCUT2D eigenvalue weighted by Crippen LogP contribution is -2.31. The van der Waals surface area contributed by atoms with Crippen LogP contribution >= 0.6 is 15.9 Å². The summed E-state index contributed by atoms with van der Waals surface area (Å²) in [5, 5.41) is 13.2. The molecule has 0 spiro atoms. The maximum Gasteiger partial charge on any atom is 0.251 e. The molecule has 2 aromatic carbocycles. The van der Waals surface area contributed by atoms with Gasteiger partial charge < -0.3 is 10.4 Å². The molecule has 108 valence electrons. The number of halogens is 2. The quantitative estimate of drug-likeness (QED) is 0.875. The molecule has 1 heterocycles. The summed E-state index contributed by atoms with van der Waals surface area (Å²) in [5.74, 6) is -0.561. The Labute approximate surface area is 129 Å². The first-order valence-corrected chi connectivity index (χ1v) is 7.39. The predicted octanol–water partition coefficient (Wildman–Crippen LogP) is 2.96. The van der Waals surface area contributed by atoms with Gasteiger partial charge >= 0.3 is 0 Å². The molecule has 21 heavy (non-hydrogen) atoms. The molecule has 1 unspecified atom stereocenters. The van der Waals surface area contributed by atoms with Crippen LogP contribution in [0.4, 0.5) is 4.39 Å². The van der Waals surface area contributed by atoms with Crippen LogP contribution in [-0.2, 0) is 6.42 Å². The lowest BCUT2D eigenvalue weighted by Gasteiger charge is -2.19. The number of aliphatic hydroxyl groups is 1. The van der Waals surface area contributed by atoms with E-state index in [1.807, 2.05) is 6.07 Å². The van der Waals surface area contributed by atoms with E-state index in [4.69, 9.17) is 0 Å². The molecule has 3 nitrogen and oxygen atoms in total. The summed E-state index contributed by atoms with van der Waals surface area (Å²) in [7, 11) is 0. The first-order valence-electron chi connectivity index (χ1n) is 6.60. The van der Waals surface area contributed by atoms with E-state index in [2.05, 4.69) is 21.2 Å². The fraction of sp³-hybridized carbons (Fsp3) is 0.188. The van der Waals surface area contributed by atoms with Crippen LogP contribution in [0.5, 0.6) is 0 Å². The predicted molar refractivity (Wildman–Crippen MR) is 80.6 cm³/mol. The van der Waals surface area contributed by atoms with E-state index >= 15 is 0 Å². The molecular formula is C16H13BrFNO2. The van der Waals surface area contributed by atoms with Gasteiger partial charge in [0, 0.05) is 12.1 Å². The largest absolute Gasteiger partial charge is 0.384 e. The van der Waals surface area contributed by atoms with Crippen LogP contribution < -0.4 is 5.32 Å². The van der Waals surface area contributed by atoms with Gasteiger partial charge in [0.1, 0.15) is 11.9 Å². The highest BCUT2D eigenvalue weighted by Crippen LogP contribution is 2.27. The Bertz CT molecular complexity index is 717. The van der Waals surface area contributed by atoms with Gasteiger partial charge in [-0.1, -0.05) is 18.2 Å². The number of rotatable bonds is 2. The van der Waals surface area contributed by atoms with E-state index in [0.717, 1.165) is 12.0 Å². The molecule has 2 aromatic rings. The Morgan fingerprint density at radius 2 is 1.90 bits per heavy atom. The fourth-order valence-electron chi connectivity index (χ4n) is 2.47. The van der Waals surface area contributed by atoms with Gasteiger partial charge in [0.15, 0.2) is 0 Å². The third-order valence-corrected chi connectivity index (χ3v) is 4.28. The van der Waals surface area contributed by atoms with Crippen molar-refractivity contribution in [2.24, 2.45) is 0 Å². The second kappa shape index (κ2) is 5.58. The molecule has 0 bridgehead atoms. The average Bonchev–Trinajstić information content (AvgIpc) is 2.49. The van der Waals surface area contributed by atoms with Gasteiger partial charge in [0.05, 0.1) is 4.47 Å². The van der Waals surface area contributed by atoms with Crippen molar-refractivity contribution in [2.75, 3.05) is 6.54 Å². The van der Waals surface area contributed by atoms with Crippen molar-refractivity contribution in [1.82, 2.24) is 5.32 Å². The van der Waals surface area contributed by atoms with Crippen LogP contribution in [0.1, 0.15) is 33.2 Å². The SMILES string of the molecule is O=C1NCCc2ccc(C(O)c3ccc(Br)c(F)c3)cc21. The van der Waals surface area contributed by atoms with Gasteiger partial charge in [0.25, 0.3) is 5.91 Å². The van der Waals surface area contributed by atoms with Gasteiger partial charge in [-0.25, -0.2) is 4.39 Å². The van der Waals surface area contributed by atoms with Crippen molar-refractivity contribution in [3.8, 4) is 0 Å². The maximum atomic E-state index is 13.6. The number of benzene rings is 2. The van der Waals surface area contributed by atoms with E-state index in [-0.39, 0.29) is 5.91 Å². The second-order valence-electron chi connectivity index (χ2n) is 5.00.